The SMILES string of the molecule is CCCCCC(C(=O)NCNC(=O)c1ccc(-c2ccc(C(=O)NC(CC(=O)O)C(=O)O)c(OCC(=O)O)c2)o1)C(CC)N(C=O)OC(=O)c1cccc(C(=O)O)c1. The number of carboxylic acid groups (broad SMARTS) is 4. The number of aromatic carboxylic acids is 1. The molecule has 0 radical (unpaired) electrons. The number of hydroxylamine groups is 2. The minimum atomic E-state index is -1.80. The molecule has 4 amide bonds. The molecule has 0 spiro atoms. The van der Waals surface area contributed by atoms with E-state index in [1.807, 2.05) is 12.2 Å². The fourth-order valence-electron chi connectivity index (χ4n) is 5.63. The number of nitrogens with zero attached hydrogens (tertiary/aromatic N) is 1. The molecule has 3 unspecified atom stereocenters. The smallest absolute Gasteiger partial charge is 0.363 e. The number of carbonyl (C=O) groups is 9. The van der Waals surface area contributed by atoms with Crippen molar-refractivity contribution < 1.29 is 77.6 Å². The van der Waals surface area contributed by atoms with Crippen LogP contribution in [0.4, 0.5) is 0 Å². The van der Waals surface area contributed by atoms with Crippen LogP contribution in [-0.2, 0) is 28.8 Å². The first-order chi connectivity index (χ1) is 27.6. The summed E-state index contributed by atoms with van der Waals surface area (Å²) >= 11 is 0. The Kier molecular flexibility index (Phi) is 16.9. The maximum atomic E-state index is 13.5. The molecule has 2 aromatic carbocycles. The van der Waals surface area contributed by atoms with E-state index in [1.165, 1.54) is 42.5 Å². The third-order valence-corrected chi connectivity index (χ3v) is 8.49. The molecule has 0 aliphatic rings. The summed E-state index contributed by atoms with van der Waals surface area (Å²) in [5.41, 5.74) is -0.429. The van der Waals surface area contributed by atoms with Gasteiger partial charge in [0, 0.05) is 5.56 Å². The van der Waals surface area contributed by atoms with E-state index in [-0.39, 0.29) is 58.8 Å². The van der Waals surface area contributed by atoms with E-state index in [0.717, 1.165) is 30.0 Å². The highest BCUT2D eigenvalue weighted by Gasteiger charge is 2.34. The monoisotopic (exact) mass is 810 g/mol. The maximum Gasteiger partial charge on any atom is 0.363 e. The zero-order valence-corrected chi connectivity index (χ0v) is 31.3. The molecule has 1 aromatic heterocycles. The van der Waals surface area contributed by atoms with Gasteiger partial charge >= 0.3 is 29.8 Å². The molecular weight excluding hydrogens is 768 g/mol. The van der Waals surface area contributed by atoms with Crippen molar-refractivity contribution in [1.29, 1.82) is 0 Å². The highest BCUT2D eigenvalue weighted by atomic mass is 16.7. The number of carboxylic acids is 4. The third-order valence-electron chi connectivity index (χ3n) is 8.49. The number of furan rings is 1. The van der Waals surface area contributed by atoms with Crippen LogP contribution in [0.15, 0.2) is 59.0 Å². The fourth-order valence-corrected chi connectivity index (χ4v) is 5.63. The van der Waals surface area contributed by atoms with Crippen LogP contribution in [0.25, 0.3) is 11.3 Å². The highest BCUT2D eigenvalue weighted by molar-refractivity contribution is 6.00. The molecule has 58 heavy (non-hydrogen) atoms. The van der Waals surface area contributed by atoms with Gasteiger partial charge in [0.25, 0.3) is 11.8 Å². The standard InChI is InChI=1S/C38H42N4O16/c1-3-5-6-10-24(27(4-2)42(20-43)58-38(55)23-9-7-8-22(15-23)36(51)52)33(48)39-19-40-35(50)29-14-13-28(57-29)21-11-12-25(30(16-21)56-18-32(46)47)34(49)41-26(37(53)54)17-31(44)45/h7-9,11-16,20,24,26-27H,3-6,10,17-19H2,1-2H3,(H,39,48)(H,40,50)(H,41,49)(H,44,45)(H,46,47)(H,51,52)(H,53,54). The summed E-state index contributed by atoms with van der Waals surface area (Å²) in [5.74, 6) is -10.6. The summed E-state index contributed by atoms with van der Waals surface area (Å²) in [6.45, 7) is 2.33. The number of hydrogen-bond acceptors (Lipinski definition) is 12. The van der Waals surface area contributed by atoms with Crippen LogP contribution in [0.3, 0.4) is 0 Å². The van der Waals surface area contributed by atoms with E-state index in [1.54, 1.807) is 6.92 Å². The minimum absolute atomic E-state index is 0.0515. The van der Waals surface area contributed by atoms with Crippen LogP contribution in [0.1, 0.15) is 94.0 Å². The van der Waals surface area contributed by atoms with E-state index in [4.69, 9.17) is 24.2 Å². The minimum Gasteiger partial charge on any atom is -0.481 e. The normalized spacial score (nSPS) is 12.2. The molecule has 1 heterocycles. The number of amides is 4. The van der Waals surface area contributed by atoms with Crippen molar-refractivity contribution in [2.75, 3.05) is 13.3 Å². The van der Waals surface area contributed by atoms with Crippen LogP contribution >= 0.6 is 0 Å². The predicted octanol–water partition coefficient (Wildman–Crippen LogP) is 2.77. The largest absolute Gasteiger partial charge is 0.481 e. The van der Waals surface area contributed by atoms with Gasteiger partial charge in [-0.2, -0.15) is 5.06 Å². The molecule has 0 aliphatic carbocycles. The van der Waals surface area contributed by atoms with Gasteiger partial charge in [0.15, 0.2) is 12.4 Å². The van der Waals surface area contributed by atoms with E-state index >= 15 is 0 Å². The Balaban J connectivity index is 1.73. The molecule has 20 nitrogen and oxygen atoms in total. The fraction of sp³-hybridized carbons (Fsp3) is 0.342. The average molecular weight is 811 g/mol. The zero-order valence-electron chi connectivity index (χ0n) is 31.3. The van der Waals surface area contributed by atoms with Crippen LogP contribution in [0.5, 0.6) is 5.75 Å². The number of unbranched alkanes of at least 4 members (excludes halogenated alkanes) is 2. The summed E-state index contributed by atoms with van der Waals surface area (Å²) < 4.78 is 10.9. The van der Waals surface area contributed by atoms with Crippen molar-refractivity contribution in [1.82, 2.24) is 21.0 Å². The molecule has 3 atom stereocenters. The second kappa shape index (κ2) is 21.7. The van der Waals surface area contributed by atoms with Crippen LogP contribution in [0, 0.1) is 5.92 Å². The Morgan fingerprint density at radius 2 is 1.57 bits per heavy atom. The first-order valence-electron chi connectivity index (χ1n) is 17.8. The number of benzene rings is 2. The van der Waals surface area contributed by atoms with E-state index in [2.05, 4.69) is 10.6 Å². The van der Waals surface area contributed by atoms with Crippen molar-refractivity contribution in [2.24, 2.45) is 5.92 Å². The molecule has 20 heteroatoms. The van der Waals surface area contributed by atoms with Gasteiger partial charge in [0.1, 0.15) is 17.6 Å². The van der Waals surface area contributed by atoms with Crippen molar-refractivity contribution in [3.8, 4) is 17.1 Å². The number of aliphatic carboxylic acids is 3. The average Bonchev–Trinajstić information content (AvgIpc) is 3.69. The Bertz CT molecular complexity index is 2010. The number of rotatable bonds is 24. The van der Waals surface area contributed by atoms with Crippen molar-refractivity contribution in [3.05, 3.63) is 77.0 Å². The lowest BCUT2D eigenvalue weighted by Gasteiger charge is -2.31. The molecule has 0 saturated heterocycles. The molecule has 310 valence electrons. The summed E-state index contributed by atoms with van der Waals surface area (Å²) in [6, 6.07) is 8.62. The molecule has 7 N–H and O–H groups in total. The second-order valence-corrected chi connectivity index (χ2v) is 12.6. The topological polar surface area (TPSA) is 305 Å². The van der Waals surface area contributed by atoms with Crippen molar-refractivity contribution in [2.45, 2.75) is 64.5 Å². The first kappa shape index (κ1) is 45.1. The van der Waals surface area contributed by atoms with Crippen LogP contribution in [-0.4, -0.2) is 105 Å². The van der Waals surface area contributed by atoms with Crippen molar-refractivity contribution >= 4 is 54.0 Å². The summed E-state index contributed by atoms with van der Waals surface area (Å²) in [4.78, 5) is 115. The van der Waals surface area contributed by atoms with Gasteiger partial charge in [-0.25, -0.2) is 19.2 Å². The Labute approximate surface area is 330 Å². The molecule has 0 aliphatic heterocycles. The first-order valence-corrected chi connectivity index (χ1v) is 17.8. The number of nitrogens with one attached hydrogen (secondary N) is 3. The molecule has 0 saturated carbocycles. The van der Waals surface area contributed by atoms with Crippen LogP contribution in [0.2, 0.25) is 0 Å². The molecule has 3 rings (SSSR count). The molecule has 0 fully saturated rings. The van der Waals surface area contributed by atoms with E-state index in [9.17, 15) is 53.4 Å². The van der Waals surface area contributed by atoms with Gasteiger partial charge in [-0.05, 0) is 55.3 Å². The van der Waals surface area contributed by atoms with Gasteiger partial charge in [0.05, 0.1) is 41.7 Å². The van der Waals surface area contributed by atoms with Gasteiger partial charge < -0.3 is 50.4 Å². The van der Waals surface area contributed by atoms with Gasteiger partial charge in [-0.3, -0.25) is 24.0 Å². The van der Waals surface area contributed by atoms with Crippen molar-refractivity contribution in [3.63, 3.8) is 0 Å². The van der Waals surface area contributed by atoms with E-state index < -0.39 is 85.3 Å². The quantitative estimate of drug-likeness (QED) is 0.0296. The lowest BCUT2D eigenvalue weighted by atomic mass is 9.90. The zero-order chi connectivity index (χ0) is 42.9. The molecule has 0 bridgehead atoms. The summed E-state index contributed by atoms with van der Waals surface area (Å²) in [6.07, 6.45) is 1.92. The van der Waals surface area contributed by atoms with E-state index in [0.29, 0.717) is 6.42 Å². The predicted molar refractivity (Wildman–Crippen MR) is 197 cm³/mol. The highest BCUT2D eigenvalue weighted by Crippen LogP contribution is 2.29. The number of ether oxygens (including phenoxy) is 1. The van der Waals surface area contributed by atoms with Gasteiger partial charge in [-0.1, -0.05) is 45.2 Å². The third kappa shape index (κ3) is 12.9. The molecule has 3 aromatic rings. The lowest BCUT2D eigenvalue weighted by molar-refractivity contribution is -0.171. The Hall–Kier alpha value is -7.25. The Morgan fingerprint density at radius 1 is 0.845 bits per heavy atom. The summed E-state index contributed by atoms with van der Waals surface area (Å²) in [7, 11) is 0. The lowest BCUT2D eigenvalue weighted by Crippen LogP contribution is -2.49. The van der Waals surface area contributed by atoms with Gasteiger partial charge in [0.2, 0.25) is 12.3 Å². The second-order valence-electron chi connectivity index (χ2n) is 12.6. The Morgan fingerprint density at radius 3 is 2.19 bits per heavy atom. The summed E-state index contributed by atoms with van der Waals surface area (Å²) in [5, 5.41) is 44.5. The van der Waals surface area contributed by atoms with Crippen LogP contribution < -0.4 is 20.7 Å². The van der Waals surface area contributed by atoms with Gasteiger partial charge in [-0.15, -0.1) is 0 Å². The maximum absolute atomic E-state index is 13.5. The number of hydrogen-bond donors (Lipinski definition) is 7. The molecular formula is C38H42N4O16. The number of carbonyl (C=O) groups excluding carboxylic acids is 5.